The Balaban J connectivity index is 1.49. The van der Waals surface area contributed by atoms with Crippen LogP contribution >= 0.6 is 0 Å². The van der Waals surface area contributed by atoms with E-state index in [2.05, 4.69) is 121 Å². The van der Waals surface area contributed by atoms with Crippen LogP contribution in [0.4, 0.5) is 0 Å². The summed E-state index contributed by atoms with van der Waals surface area (Å²) in [5.41, 5.74) is 10.8. The standard InChI is InChI=1S/C32H20Si/c1-5-25-17-29(13-9-21(1)25)33(30-14-10-22-2-6-26(22)18-30,31-15-11-23-3-7-27(23)19-31)32-16-12-24-4-8-28(24)20-32/h1-20H. The van der Waals surface area contributed by atoms with E-state index in [1.807, 2.05) is 0 Å². The molecule has 4 aliphatic carbocycles. The second kappa shape index (κ2) is 6.09. The molecule has 0 aliphatic heterocycles. The summed E-state index contributed by atoms with van der Waals surface area (Å²) in [6, 6.07) is 28.7. The van der Waals surface area contributed by atoms with Crippen LogP contribution in [0.1, 0.15) is 44.5 Å². The molecule has 0 nitrogen and oxygen atoms in total. The summed E-state index contributed by atoms with van der Waals surface area (Å²) < 4.78 is 0. The molecule has 4 aromatic rings. The van der Waals surface area contributed by atoms with E-state index in [9.17, 15) is 0 Å². The molecule has 0 bridgehead atoms. The second-order valence-corrected chi connectivity index (χ2v) is 13.3. The number of fused-ring (bicyclic) bond motifs is 4. The van der Waals surface area contributed by atoms with E-state index in [-0.39, 0.29) is 0 Å². The number of rotatable bonds is 4. The van der Waals surface area contributed by atoms with Gasteiger partial charge in [0.15, 0.2) is 8.07 Å². The molecular formula is C32H20Si. The van der Waals surface area contributed by atoms with E-state index < -0.39 is 8.07 Å². The Bertz CT molecular complexity index is 1410. The zero-order valence-corrected chi connectivity index (χ0v) is 19.0. The van der Waals surface area contributed by atoms with E-state index in [0.29, 0.717) is 0 Å². The lowest BCUT2D eigenvalue weighted by atomic mass is 9.98. The van der Waals surface area contributed by atoms with Gasteiger partial charge < -0.3 is 0 Å². The summed E-state index contributed by atoms with van der Waals surface area (Å²) in [4.78, 5) is 0. The maximum atomic E-state index is 2.46. The first-order chi connectivity index (χ1) is 16.3. The van der Waals surface area contributed by atoms with Crippen molar-refractivity contribution in [2.45, 2.75) is 0 Å². The molecular weight excluding hydrogens is 412 g/mol. The molecule has 0 N–H and O–H groups in total. The molecule has 0 amide bonds. The summed E-state index contributed by atoms with van der Waals surface area (Å²) in [5, 5.41) is 5.83. The van der Waals surface area contributed by atoms with Crippen molar-refractivity contribution in [3.63, 3.8) is 0 Å². The molecule has 4 aliphatic rings. The van der Waals surface area contributed by atoms with Gasteiger partial charge >= 0.3 is 0 Å². The summed E-state index contributed by atoms with van der Waals surface area (Å²) in [6.45, 7) is 0. The highest BCUT2D eigenvalue weighted by Gasteiger charge is 2.43. The zero-order chi connectivity index (χ0) is 21.6. The first-order valence-electron chi connectivity index (χ1n) is 11.6. The van der Waals surface area contributed by atoms with Crippen LogP contribution < -0.4 is 20.7 Å². The number of hydrogen-bond donors (Lipinski definition) is 0. The lowest BCUT2D eigenvalue weighted by molar-refractivity contribution is 1.55. The van der Waals surface area contributed by atoms with Crippen molar-refractivity contribution in [3.05, 3.63) is 117 Å². The summed E-state index contributed by atoms with van der Waals surface area (Å²) >= 11 is 0. The molecule has 0 heterocycles. The Hall–Kier alpha value is -3.94. The van der Waals surface area contributed by atoms with Crippen molar-refractivity contribution in [1.82, 2.24) is 0 Å². The van der Waals surface area contributed by atoms with Crippen LogP contribution in [0.3, 0.4) is 0 Å². The van der Waals surface area contributed by atoms with Gasteiger partial charge in [0.25, 0.3) is 0 Å². The predicted octanol–water partition coefficient (Wildman–Crippen LogP) is 5.00. The van der Waals surface area contributed by atoms with Crippen LogP contribution in [-0.2, 0) is 0 Å². The van der Waals surface area contributed by atoms with Gasteiger partial charge in [0.1, 0.15) is 0 Å². The van der Waals surface area contributed by atoms with Gasteiger partial charge in [0.2, 0.25) is 0 Å². The highest BCUT2D eigenvalue weighted by atomic mass is 28.3. The fourth-order valence-corrected chi connectivity index (χ4v) is 10.6. The average molecular weight is 433 g/mol. The molecule has 4 aromatic carbocycles. The van der Waals surface area contributed by atoms with Crippen LogP contribution in [-0.4, -0.2) is 8.07 Å². The Morgan fingerprint density at radius 1 is 0.273 bits per heavy atom. The van der Waals surface area contributed by atoms with Crippen LogP contribution in [0, 0.1) is 0 Å². The van der Waals surface area contributed by atoms with E-state index in [4.69, 9.17) is 0 Å². The normalized spacial score (nSPS) is 14.8. The maximum absolute atomic E-state index is 2.52. The largest absolute Gasteiger partial charge is 0.179 e. The fourth-order valence-electron chi connectivity index (χ4n) is 5.75. The van der Waals surface area contributed by atoms with Crippen LogP contribution in [0.2, 0.25) is 0 Å². The molecule has 0 radical (unpaired) electrons. The molecule has 33 heavy (non-hydrogen) atoms. The maximum Gasteiger partial charge on any atom is 0.179 e. The third-order valence-electron chi connectivity index (χ3n) is 7.85. The molecule has 0 unspecified atom stereocenters. The zero-order valence-electron chi connectivity index (χ0n) is 18.0. The summed E-state index contributed by atoms with van der Waals surface area (Å²) in [5.74, 6) is 0. The third kappa shape index (κ3) is 2.25. The minimum atomic E-state index is -2.52. The third-order valence-corrected chi connectivity index (χ3v) is 12.6. The Labute approximate surface area is 194 Å². The van der Waals surface area contributed by atoms with Gasteiger partial charge in [-0.05, 0) is 65.3 Å². The highest BCUT2D eigenvalue weighted by molar-refractivity contribution is 7.20. The molecule has 0 fully saturated rings. The quantitative estimate of drug-likeness (QED) is 0.271. The van der Waals surface area contributed by atoms with Gasteiger partial charge in [-0.25, -0.2) is 0 Å². The average Bonchev–Trinajstić information content (AvgIpc) is 2.75. The molecule has 0 saturated heterocycles. The van der Waals surface area contributed by atoms with Crippen LogP contribution in [0.25, 0.3) is 48.6 Å². The molecule has 0 atom stereocenters. The number of hydrogen-bond acceptors (Lipinski definition) is 0. The number of benzene rings is 4. The van der Waals surface area contributed by atoms with Gasteiger partial charge in [-0.3, -0.25) is 0 Å². The molecule has 1 heteroatoms. The predicted molar refractivity (Wildman–Crippen MR) is 146 cm³/mol. The summed E-state index contributed by atoms with van der Waals surface area (Å²) in [6.07, 6.45) is 17.8. The minimum Gasteiger partial charge on any atom is -0.0613 e. The Morgan fingerprint density at radius 2 is 0.515 bits per heavy atom. The first-order valence-corrected chi connectivity index (χ1v) is 13.6. The smallest absolute Gasteiger partial charge is 0.0613 e. The van der Waals surface area contributed by atoms with Gasteiger partial charge in [-0.1, -0.05) is 121 Å². The van der Waals surface area contributed by atoms with Gasteiger partial charge in [-0.15, -0.1) is 0 Å². The highest BCUT2D eigenvalue weighted by Crippen LogP contribution is 2.29. The lowest BCUT2D eigenvalue weighted by Crippen LogP contribution is -2.75. The minimum absolute atomic E-state index is 1.35. The summed E-state index contributed by atoms with van der Waals surface area (Å²) in [7, 11) is -2.52. The van der Waals surface area contributed by atoms with Crippen molar-refractivity contribution < 1.29 is 0 Å². The molecule has 0 aromatic heterocycles. The van der Waals surface area contributed by atoms with Crippen LogP contribution in [0.5, 0.6) is 0 Å². The van der Waals surface area contributed by atoms with Crippen LogP contribution in [0.15, 0.2) is 72.8 Å². The van der Waals surface area contributed by atoms with E-state index in [1.54, 1.807) is 0 Å². The molecule has 0 saturated carbocycles. The molecule has 0 spiro atoms. The molecule has 152 valence electrons. The topological polar surface area (TPSA) is 0 Å². The van der Waals surface area contributed by atoms with Crippen molar-refractivity contribution in [2.24, 2.45) is 0 Å². The molecule has 8 rings (SSSR count). The van der Waals surface area contributed by atoms with Gasteiger partial charge in [0, 0.05) is 0 Å². The van der Waals surface area contributed by atoms with Crippen molar-refractivity contribution in [1.29, 1.82) is 0 Å². The lowest BCUT2D eigenvalue weighted by Gasteiger charge is -2.37. The van der Waals surface area contributed by atoms with Crippen molar-refractivity contribution in [3.8, 4) is 0 Å². The van der Waals surface area contributed by atoms with Crippen molar-refractivity contribution in [2.75, 3.05) is 0 Å². The second-order valence-electron chi connectivity index (χ2n) is 9.46. The van der Waals surface area contributed by atoms with Gasteiger partial charge in [0.05, 0.1) is 0 Å². The SMILES string of the molecule is C1=Cc2cc([Si](c3ccc4c(c3)C=C4)(c3ccc4c(c3)C=C4)c3ccc4c(c3)C=C4)ccc21. The Kier molecular flexibility index (Phi) is 3.25. The first kappa shape index (κ1) is 17.6. The Morgan fingerprint density at radius 3 is 0.697 bits per heavy atom. The fraction of sp³-hybridized carbons (Fsp3) is 0. The van der Waals surface area contributed by atoms with E-state index in [1.165, 1.54) is 65.3 Å². The van der Waals surface area contributed by atoms with E-state index >= 15 is 0 Å². The monoisotopic (exact) mass is 432 g/mol. The van der Waals surface area contributed by atoms with E-state index in [0.717, 1.165) is 0 Å². The van der Waals surface area contributed by atoms with Gasteiger partial charge in [-0.2, -0.15) is 0 Å². The van der Waals surface area contributed by atoms with Crippen molar-refractivity contribution >= 4 is 77.4 Å².